The van der Waals surface area contributed by atoms with Crippen LogP contribution in [0.4, 0.5) is 0 Å². The molecule has 4 nitrogen and oxygen atoms in total. The van der Waals surface area contributed by atoms with Crippen molar-refractivity contribution in [1.82, 2.24) is 0 Å². The van der Waals surface area contributed by atoms with E-state index in [2.05, 4.69) is 6.92 Å². The maximum absolute atomic E-state index is 11.4. The van der Waals surface area contributed by atoms with Crippen LogP contribution in [0.5, 0.6) is 0 Å². The molecule has 2 unspecified atom stereocenters. The molecule has 1 N–H and O–H groups in total. The number of hydrogen-bond donors (Lipinski definition) is 1. The Kier molecular flexibility index (Phi) is 22.4. The van der Waals surface area contributed by atoms with Crippen molar-refractivity contribution in [3.05, 3.63) is 0 Å². The first-order valence-corrected chi connectivity index (χ1v) is 12.5. The second-order valence-electron chi connectivity index (χ2n) is 7.82. The van der Waals surface area contributed by atoms with E-state index in [1.807, 2.05) is 6.92 Å². The summed E-state index contributed by atoms with van der Waals surface area (Å²) in [6, 6.07) is 0. The Bertz CT molecular complexity index is 401. The summed E-state index contributed by atoms with van der Waals surface area (Å²) in [5, 5.41) is 8.86. The molecule has 6 heteroatoms. The Hall–Kier alpha value is 0.870. The first-order valence-electron chi connectivity index (χ1n) is 11.0. The first-order chi connectivity index (χ1) is 12.4. The molecule has 0 aliphatic heterocycles. The SMILES string of the molecule is CCCCCCCCCCCCCCCC(CC(O)CCC)S(=O)(=O)[O-].[Na+]. The molecule has 27 heavy (non-hydrogen) atoms. The minimum Gasteiger partial charge on any atom is -0.748 e. The predicted octanol–water partition coefficient (Wildman–Crippen LogP) is 2.94. The Morgan fingerprint density at radius 1 is 0.704 bits per heavy atom. The van der Waals surface area contributed by atoms with Gasteiger partial charge in [0.15, 0.2) is 0 Å². The molecule has 0 bridgehead atoms. The molecule has 0 aliphatic carbocycles. The summed E-state index contributed by atoms with van der Waals surface area (Å²) in [7, 11) is -4.30. The van der Waals surface area contributed by atoms with Crippen LogP contribution >= 0.6 is 0 Å². The fourth-order valence-corrected chi connectivity index (χ4v) is 4.44. The van der Waals surface area contributed by atoms with Crippen molar-refractivity contribution in [2.45, 2.75) is 134 Å². The quantitative estimate of drug-likeness (QED) is 0.200. The molecular weight excluding hydrogens is 371 g/mol. The monoisotopic (exact) mass is 414 g/mol. The first kappa shape index (κ1) is 30.1. The van der Waals surface area contributed by atoms with Gasteiger partial charge in [-0.25, -0.2) is 8.42 Å². The molecule has 0 heterocycles. The van der Waals surface area contributed by atoms with Gasteiger partial charge in [0.25, 0.3) is 0 Å². The van der Waals surface area contributed by atoms with Gasteiger partial charge < -0.3 is 9.66 Å². The van der Waals surface area contributed by atoms with E-state index in [0.717, 1.165) is 25.7 Å². The molecule has 2 atom stereocenters. The summed E-state index contributed by atoms with van der Waals surface area (Å²) >= 11 is 0. The molecule has 0 rings (SSSR count). The van der Waals surface area contributed by atoms with Crippen LogP contribution in [-0.4, -0.2) is 29.4 Å². The number of unbranched alkanes of at least 4 members (excludes halogenated alkanes) is 12. The zero-order valence-electron chi connectivity index (χ0n) is 18.3. The Morgan fingerprint density at radius 2 is 1.11 bits per heavy atom. The van der Waals surface area contributed by atoms with Gasteiger partial charge in [0, 0.05) is 0 Å². The van der Waals surface area contributed by atoms with Gasteiger partial charge in [-0.3, -0.25) is 0 Å². The summed E-state index contributed by atoms with van der Waals surface area (Å²) in [5.41, 5.74) is 0. The summed E-state index contributed by atoms with van der Waals surface area (Å²) in [4.78, 5) is 0. The zero-order valence-corrected chi connectivity index (χ0v) is 21.1. The zero-order chi connectivity index (χ0) is 19.7. The minimum absolute atomic E-state index is 0. The third kappa shape index (κ3) is 19.9. The number of aliphatic hydroxyl groups is 1. The molecule has 0 aromatic rings. The molecule has 0 spiro atoms. The molecule has 0 aromatic carbocycles. The van der Waals surface area contributed by atoms with E-state index in [9.17, 15) is 18.1 Å². The van der Waals surface area contributed by atoms with Crippen LogP contribution in [0.25, 0.3) is 0 Å². The second kappa shape index (κ2) is 20.2. The van der Waals surface area contributed by atoms with Gasteiger partial charge in [0.05, 0.1) is 21.5 Å². The van der Waals surface area contributed by atoms with Gasteiger partial charge in [-0.15, -0.1) is 0 Å². The smallest absolute Gasteiger partial charge is 0.748 e. The van der Waals surface area contributed by atoms with Crippen molar-refractivity contribution in [2.75, 3.05) is 0 Å². The molecule has 0 aromatic heterocycles. The van der Waals surface area contributed by atoms with Crippen LogP contribution < -0.4 is 29.6 Å². The number of aliphatic hydroxyl groups excluding tert-OH is 1. The molecule has 0 saturated carbocycles. The maximum atomic E-state index is 11.4. The van der Waals surface area contributed by atoms with E-state index in [1.54, 1.807) is 0 Å². The van der Waals surface area contributed by atoms with Crippen LogP contribution in [0.1, 0.15) is 123 Å². The van der Waals surface area contributed by atoms with Crippen molar-refractivity contribution < 1.29 is 47.6 Å². The molecular formula is C21H43NaO4S. The minimum atomic E-state index is -4.30. The van der Waals surface area contributed by atoms with Crippen LogP contribution in [0.3, 0.4) is 0 Å². The topological polar surface area (TPSA) is 77.4 Å². The van der Waals surface area contributed by atoms with Crippen molar-refractivity contribution in [3.8, 4) is 0 Å². The molecule has 0 amide bonds. The van der Waals surface area contributed by atoms with Crippen molar-refractivity contribution in [1.29, 1.82) is 0 Å². The van der Waals surface area contributed by atoms with E-state index >= 15 is 0 Å². The van der Waals surface area contributed by atoms with Crippen molar-refractivity contribution in [2.24, 2.45) is 0 Å². The van der Waals surface area contributed by atoms with Crippen LogP contribution in [0, 0.1) is 0 Å². The molecule has 0 radical (unpaired) electrons. The van der Waals surface area contributed by atoms with E-state index < -0.39 is 21.5 Å². The van der Waals surface area contributed by atoms with Gasteiger partial charge in [-0.05, 0) is 19.3 Å². The van der Waals surface area contributed by atoms with Crippen LogP contribution in [0.15, 0.2) is 0 Å². The van der Waals surface area contributed by atoms with Gasteiger partial charge in [0.2, 0.25) is 0 Å². The third-order valence-corrected chi connectivity index (χ3v) is 6.44. The standard InChI is InChI=1S/C21H44O4S.Na/c1-3-5-6-7-8-9-10-11-12-13-14-15-16-18-21(26(23,24)25)19-20(22)17-4-2;/h20-22H,3-19H2,1-2H3,(H,23,24,25);/q;+1/p-1. The summed E-state index contributed by atoms with van der Waals surface area (Å²) in [6.07, 6.45) is 17.3. The molecule has 0 fully saturated rings. The Balaban J connectivity index is 0. The summed E-state index contributed by atoms with van der Waals surface area (Å²) in [6.45, 7) is 4.19. The predicted molar refractivity (Wildman–Crippen MR) is 109 cm³/mol. The van der Waals surface area contributed by atoms with Gasteiger partial charge in [0.1, 0.15) is 0 Å². The van der Waals surface area contributed by atoms with Crippen LogP contribution in [-0.2, 0) is 10.1 Å². The molecule has 0 saturated heterocycles. The normalized spacial score (nSPS) is 13.9. The fourth-order valence-electron chi connectivity index (χ4n) is 3.52. The largest absolute Gasteiger partial charge is 1.00 e. The average molecular weight is 415 g/mol. The third-order valence-electron chi connectivity index (χ3n) is 5.19. The van der Waals surface area contributed by atoms with E-state index in [4.69, 9.17) is 0 Å². The van der Waals surface area contributed by atoms with Crippen molar-refractivity contribution in [3.63, 3.8) is 0 Å². The summed E-state index contributed by atoms with van der Waals surface area (Å²) < 4.78 is 34.1. The Morgan fingerprint density at radius 3 is 1.48 bits per heavy atom. The van der Waals surface area contributed by atoms with Crippen LogP contribution in [0.2, 0.25) is 0 Å². The molecule has 158 valence electrons. The van der Waals surface area contributed by atoms with Gasteiger partial charge >= 0.3 is 29.6 Å². The molecule has 0 aliphatic rings. The van der Waals surface area contributed by atoms with E-state index in [-0.39, 0.29) is 36.0 Å². The number of hydrogen-bond acceptors (Lipinski definition) is 4. The average Bonchev–Trinajstić information content (AvgIpc) is 2.57. The van der Waals surface area contributed by atoms with E-state index in [0.29, 0.717) is 12.8 Å². The second-order valence-corrected chi connectivity index (χ2v) is 9.48. The van der Waals surface area contributed by atoms with Crippen molar-refractivity contribution >= 4 is 10.1 Å². The van der Waals surface area contributed by atoms with Gasteiger partial charge in [-0.2, -0.15) is 0 Å². The Labute approximate surface area is 191 Å². The van der Waals surface area contributed by atoms with Gasteiger partial charge in [-0.1, -0.05) is 104 Å². The summed E-state index contributed by atoms with van der Waals surface area (Å²) in [5.74, 6) is 0. The fraction of sp³-hybridized carbons (Fsp3) is 1.00. The maximum Gasteiger partial charge on any atom is 1.00 e. The van der Waals surface area contributed by atoms with E-state index in [1.165, 1.54) is 64.2 Å². The number of rotatable bonds is 19.